The molecule has 2 unspecified atom stereocenters. The summed E-state index contributed by atoms with van der Waals surface area (Å²) in [5.74, 6) is -0.0989. The standard InChI is InChI=1S/C63H117NO5/c1-3-5-7-9-11-13-15-17-19-24-27-31-35-39-43-47-51-55-61(66)60(59-65)64-62(67)56-52-48-44-40-36-32-28-25-22-21-23-26-30-34-38-42-46-50-54-58-69-63(68)57-53-49-45-41-37-33-29-20-18-16-14-12-10-8-6-4-2/h20,26,29-30,34,38,51,55,60-61,65-66H,3-19,21-25,27-28,31-33,35-37,39-50,52-54,56-59H2,1-2H3,(H,64,67)/b29-20-,30-26-,38-34-,55-51+. The minimum Gasteiger partial charge on any atom is -0.466 e. The van der Waals surface area contributed by atoms with Crippen LogP contribution in [0.4, 0.5) is 0 Å². The summed E-state index contributed by atoms with van der Waals surface area (Å²) in [6.45, 7) is 4.87. The van der Waals surface area contributed by atoms with Crippen molar-refractivity contribution in [2.45, 2.75) is 328 Å². The minimum atomic E-state index is -0.852. The summed E-state index contributed by atoms with van der Waals surface area (Å²) >= 11 is 0. The average molecular weight is 969 g/mol. The third-order valence-corrected chi connectivity index (χ3v) is 13.8. The Hall–Kier alpha value is -2.18. The van der Waals surface area contributed by atoms with Gasteiger partial charge in [-0.1, -0.05) is 262 Å². The summed E-state index contributed by atoms with van der Waals surface area (Å²) in [4.78, 5) is 24.5. The number of rotatable bonds is 56. The highest BCUT2D eigenvalue weighted by molar-refractivity contribution is 5.76. The average Bonchev–Trinajstić information content (AvgIpc) is 3.35. The molecule has 0 aliphatic carbocycles. The smallest absolute Gasteiger partial charge is 0.305 e. The molecule has 0 bridgehead atoms. The van der Waals surface area contributed by atoms with Crippen molar-refractivity contribution in [3.8, 4) is 0 Å². The van der Waals surface area contributed by atoms with Crippen molar-refractivity contribution in [2.24, 2.45) is 0 Å². The number of aliphatic hydroxyl groups is 2. The zero-order chi connectivity index (χ0) is 50.0. The summed E-state index contributed by atoms with van der Waals surface area (Å²) < 4.78 is 5.46. The first kappa shape index (κ1) is 66.8. The number of hydrogen-bond donors (Lipinski definition) is 3. The molecule has 0 saturated carbocycles. The predicted molar refractivity (Wildman–Crippen MR) is 301 cm³/mol. The lowest BCUT2D eigenvalue weighted by atomic mass is 10.0. The zero-order valence-corrected chi connectivity index (χ0v) is 46.0. The predicted octanol–water partition coefficient (Wildman–Crippen LogP) is 19.0. The second-order valence-electron chi connectivity index (χ2n) is 20.7. The summed E-state index contributed by atoms with van der Waals surface area (Å²) in [7, 11) is 0. The van der Waals surface area contributed by atoms with Gasteiger partial charge in [0.2, 0.25) is 5.91 Å². The van der Waals surface area contributed by atoms with Crippen molar-refractivity contribution >= 4 is 11.9 Å². The van der Waals surface area contributed by atoms with E-state index in [-0.39, 0.29) is 18.5 Å². The van der Waals surface area contributed by atoms with Crippen LogP contribution >= 0.6 is 0 Å². The fraction of sp³-hybridized carbons (Fsp3) is 0.841. The Morgan fingerprint density at radius 1 is 0.406 bits per heavy atom. The van der Waals surface area contributed by atoms with E-state index in [2.05, 4.69) is 55.6 Å². The molecule has 0 aromatic carbocycles. The number of carbonyl (C=O) groups is 2. The molecule has 1 amide bonds. The number of carbonyl (C=O) groups excluding carboxylic acids is 2. The van der Waals surface area contributed by atoms with Crippen molar-refractivity contribution in [1.29, 1.82) is 0 Å². The van der Waals surface area contributed by atoms with Gasteiger partial charge in [-0.15, -0.1) is 0 Å². The van der Waals surface area contributed by atoms with E-state index in [9.17, 15) is 19.8 Å². The molecule has 0 saturated heterocycles. The number of ether oxygens (including phenoxy) is 1. The van der Waals surface area contributed by atoms with E-state index in [0.29, 0.717) is 19.4 Å². The molecular weight excluding hydrogens is 851 g/mol. The van der Waals surface area contributed by atoms with E-state index in [1.54, 1.807) is 6.08 Å². The van der Waals surface area contributed by atoms with Crippen LogP contribution in [0.1, 0.15) is 316 Å². The van der Waals surface area contributed by atoms with Gasteiger partial charge in [0.1, 0.15) is 0 Å². The fourth-order valence-corrected chi connectivity index (χ4v) is 9.15. The van der Waals surface area contributed by atoms with Gasteiger partial charge in [-0.2, -0.15) is 0 Å². The number of nitrogens with one attached hydrogen (secondary N) is 1. The molecule has 2 atom stereocenters. The molecule has 69 heavy (non-hydrogen) atoms. The van der Waals surface area contributed by atoms with Crippen LogP contribution < -0.4 is 5.32 Å². The molecule has 3 N–H and O–H groups in total. The third-order valence-electron chi connectivity index (χ3n) is 13.8. The van der Waals surface area contributed by atoms with Gasteiger partial charge in [-0.05, 0) is 89.9 Å². The molecule has 0 rings (SSSR count). The van der Waals surface area contributed by atoms with Gasteiger partial charge < -0.3 is 20.3 Å². The second-order valence-corrected chi connectivity index (χ2v) is 20.7. The fourth-order valence-electron chi connectivity index (χ4n) is 9.15. The summed E-state index contributed by atoms with van der Waals surface area (Å²) in [6.07, 6.45) is 74.3. The molecule has 0 aliphatic heterocycles. The van der Waals surface area contributed by atoms with Gasteiger partial charge in [-0.25, -0.2) is 0 Å². The zero-order valence-electron chi connectivity index (χ0n) is 46.0. The van der Waals surface area contributed by atoms with E-state index < -0.39 is 12.1 Å². The van der Waals surface area contributed by atoms with Crippen LogP contribution in [0.15, 0.2) is 48.6 Å². The van der Waals surface area contributed by atoms with Crippen molar-refractivity contribution in [3.63, 3.8) is 0 Å². The highest BCUT2D eigenvalue weighted by Gasteiger charge is 2.18. The second kappa shape index (κ2) is 58.4. The van der Waals surface area contributed by atoms with Crippen LogP contribution in [-0.2, 0) is 14.3 Å². The Bertz CT molecular complexity index is 1160. The third kappa shape index (κ3) is 55.0. The lowest BCUT2D eigenvalue weighted by molar-refractivity contribution is -0.143. The first-order valence-electron chi connectivity index (χ1n) is 30.4. The van der Waals surface area contributed by atoms with Gasteiger partial charge in [0, 0.05) is 12.8 Å². The monoisotopic (exact) mass is 968 g/mol. The van der Waals surface area contributed by atoms with Crippen molar-refractivity contribution in [1.82, 2.24) is 5.32 Å². The van der Waals surface area contributed by atoms with Crippen LogP contribution in [0.25, 0.3) is 0 Å². The molecule has 0 heterocycles. The molecule has 0 spiro atoms. The molecule has 404 valence electrons. The van der Waals surface area contributed by atoms with E-state index in [4.69, 9.17) is 4.74 Å². The number of esters is 1. The van der Waals surface area contributed by atoms with Crippen molar-refractivity contribution < 1.29 is 24.5 Å². The van der Waals surface area contributed by atoms with Crippen molar-refractivity contribution in [2.75, 3.05) is 13.2 Å². The van der Waals surface area contributed by atoms with E-state index in [1.807, 2.05) is 6.08 Å². The quantitative estimate of drug-likeness (QED) is 0.0244. The van der Waals surface area contributed by atoms with Gasteiger partial charge >= 0.3 is 5.97 Å². The maximum absolute atomic E-state index is 12.5. The van der Waals surface area contributed by atoms with Crippen LogP contribution in [0.5, 0.6) is 0 Å². The van der Waals surface area contributed by atoms with Crippen LogP contribution in [-0.4, -0.2) is 47.4 Å². The Morgan fingerprint density at radius 2 is 0.725 bits per heavy atom. The normalized spacial score (nSPS) is 12.9. The molecule has 0 aromatic heterocycles. The number of aliphatic hydroxyl groups excluding tert-OH is 2. The summed E-state index contributed by atoms with van der Waals surface area (Å²) in [5, 5.41) is 23.1. The maximum Gasteiger partial charge on any atom is 0.305 e. The molecule has 0 aliphatic rings. The lowest BCUT2D eigenvalue weighted by Crippen LogP contribution is -2.45. The first-order valence-corrected chi connectivity index (χ1v) is 30.4. The van der Waals surface area contributed by atoms with Crippen LogP contribution in [0.2, 0.25) is 0 Å². The Morgan fingerprint density at radius 3 is 1.12 bits per heavy atom. The number of allylic oxidation sites excluding steroid dienone is 7. The topological polar surface area (TPSA) is 95.9 Å². The molecule has 0 radical (unpaired) electrons. The minimum absolute atomic E-state index is 0.0217. The van der Waals surface area contributed by atoms with Gasteiger partial charge in [0.05, 0.1) is 25.4 Å². The van der Waals surface area contributed by atoms with Gasteiger partial charge in [0.15, 0.2) is 0 Å². The van der Waals surface area contributed by atoms with Gasteiger partial charge in [-0.3, -0.25) is 9.59 Å². The summed E-state index contributed by atoms with van der Waals surface area (Å²) in [6, 6.07) is -0.637. The Balaban J connectivity index is 3.51. The highest BCUT2D eigenvalue weighted by atomic mass is 16.5. The number of hydrogen-bond acceptors (Lipinski definition) is 5. The Kier molecular flexibility index (Phi) is 56.5. The van der Waals surface area contributed by atoms with Crippen molar-refractivity contribution in [3.05, 3.63) is 48.6 Å². The van der Waals surface area contributed by atoms with Gasteiger partial charge in [0.25, 0.3) is 0 Å². The molecule has 0 fully saturated rings. The largest absolute Gasteiger partial charge is 0.466 e. The molecule has 6 heteroatoms. The maximum atomic E-state index is 12.5. The van der Waals surface area contributed by atoms with Crippen LogP contribution in [0, 0.1) is 0 Å². The van der Waals surface area contributed by atoms with E-state index in [1.165, 1.54) is 212 Å². The van der Waals surface area contributed by atoms with E-state index in [0.717, 1.165) is 77.0 Å². The molecular formula is C63H117NO5. The number of unbranched alkanes of at least 4 members (excludes halogenated alkanes) is 40. The summed E-state index contributed by atoms with van der Waals surface area (Å²) in [5.41, 5.74) is 0. The number of amides is 1. The Labute approximate surface area is 429 Å². The SMILES string of the molecule is CCCCCCCCC/C=C\CCCCCCCC(=O)OCCCCC/C=C\C=C/CCCCCCCCCCCCC(=O)NC(CO)C(O)/C=C/CCCCCCCCCCCCCCCCC. The highest BCUT2D eigenvalue weighted by Crippen LogP contribution is 2.16. The lowest BCUT2D eigenvalue weighted by Gasteiger charge is -2.20. The van der Waals surface area contributed by atoms with Crippen LogP contribution in [0.3, 0.4) is 0 Å². The molecule has 0 aromatic rings. The van der Waals surface area contributed by atoms with E-state index >= 15 is 0 Å². The molecule has 6 nitrogen and oxygen atoms in total. The first-order chi connectivity index (χ1) is 34.0.